The van der Waals surface area contributed by atoms with Crippen molar-refractivity contribution in [3.05, 3.63) is 29.0 Å². The Bertz CT molecular complexity index is 443. The molecule has 1 heterocycles. The van der Waals surface area contributed by atoms with Gasteiger partial charge in [-0.3, -0.25) is 0 Å². The molecule has 0 saturated heterocycles. The third-order valence-corrected chi connectivity index (χ3v) is 2.12. The maximum Gasteiger partial charge on any atom is 0.408 e. The predicted molar refractivity (Wildman–Crippen MR) is 67.4 cm³/mol. The molecule has 5 nitrogen and oxygen atoms in total. The predicted octanol–water partition coefficient (Wildman–Crippen LogP) is 2.50. The van der Waals surface area contributed by atoms with Crippen molar-refractivity contribution in [2.75, 3.05) is 0 Å². The van der Waals surface area contributed by atoms with Crippen molar-refractivity contribution in [3.63, 3.8) is 0 Å². The van der Waals surface area contributed by atoms with E-state index in [0.29, 0.717) is 11.8 Å². The number of carbonyl (C=O) groups excluding carboxylic acids is 2. The van der Waals surface area contributed by atoms with Gasteiger partial charge in [-0.1, -0.05) is 11.6 Å². The summed E-state index contributed by atoms with van der Waals surface area (Å²) in [6, 6.07) is 2.31. The van der Waals surface area contributed by atoms with E-state index in [1.165, 1.54) is 12.3 Å². The smallest absolute Gasteiger partial charge is 0.408 e. The van der Waals surface area contributed by atoms with Gasteiger partial charge in [0.15, 0.2) is 0 Å². The summed E-state index contributed by atoms with van der Waals surface area (Å²) in [5.74, 6) is 0. The number of aldehydes is 1. The molecule has 0 fully saturated rings. The number of hydrogen-bond donors (Lipinski definition) is 1. The van der Waals surface area contributed by atoms with Gasteiger partial charge in [-0.2, -0.15) is 0 Å². The first-order valence-electron chi connectivity index (χ1n) is 5.38. The molecule has 0 aliphatic rings. The SMILES string of the molecule is CC(C)(C)OC(=O)NC(C=O)c1ccnc(Cl)c1. The molecule has 1 aromatic rings. The van der Waals surface area contributed by atoms with Crippen molar-refractivity contribution in [2.24, 2.45) is 0 Å². The zero-order valence-corrected chi connectivity index (χ0v) is 11.2. The molecule has 0 spiro atoms. The van der Waals surface area contributed by atoms with Crippen molar-refractivity contribution in [2.45, 2.75) is 32.4 Å². The molecule has 1 amide bonds. The van der Waals surface area contributed by atoms with Crippen molar-refractivity contribution in [1.82, 2.24) is 10.3 Å². The largest absolute Gasteiger partial charge is 0.444 e. The molecule has 0 saturated carbocycles. The first kappa shape index (κ1) is 14.4. The molecule has 98 valence electrons. The average molecular weight is 271 g/mol. The second-order valence-corrected chi connectivity index (χ2v) is 5.06. The number of halogens is 1. The monoisotopic (exact) mass is 270 g/mol. The zero-order chi connectivity index (χ0) is 13.8. The van der Waals surface area contributed by atoms with Crippen LogP contribution in [0.5, 0.6) is 0 Å². The lowest BCUT2D eigenvalue weighted by atomic mass is 10.1. The Labute approximate surface area is 110 Å². The van der Waals surface area contributed by atoms with E-state index in [0.717, 1.165) is 0 Å². The maximum atomic E-state index is 11.5. The molecule has 0 aliphatic carbocycles. The fourth-order valence-electron chi connectivity index (χ4n) is 1.24. The van der Waals surface area contributed by atoms with E-state index in [2.05, 4.69) is 10.3 Å². The molecule has 0 aromatic carbocycles. The van der Waals surface area contributed by atoms with Crippen LogP contribution >= 0.6 is 11.6 Å². The Balaban J connectivity index is 2.74. The molecule has 6 heteroatoms. The Morgan fingerprint density at radius 1 is 1.56 bits per heavy atom. The highest BCUT2D eigenvalue weighted by atomic mass is 35.5. The number of carbonyl (C=O) groups is 2. The summed E-state index contributed by atoms with van der Waals surface area (Å²) in [6.07, 6.45) is 1.41. The molecule has 1 unspecified atom stereocenters. The number of amides is 1. The van der Waals surface area contributed by atoms with E-state index in [-0.39, 0.29) is 5.15 Å². The maximum absolute atomic E-state index is 11.5. The molecule has 1 rings (SSSR count). The summed E-state index contributed by atoms with van der Waals surface area (Å²) in [6.45, 7) is 5.23. The van der Waals surface area contributed by atoms with Gasteiger partial charge >= 0.3 is 6.09 Å². The standard InChI is InChI=1S/C12H15ClN2O3/c1-12(2,3)18-11(17)15-9(7-16)8-4-5-14-10(13)6-8/h4-7,9H,1-3H3,(H,15,17). The Kier molecular flexibility index (Phi) is 4.67. The molecule has 0 bridgehead atoms. The van der Waals surface area contributed by atoms with Crippen LogP contribution in [0.15, 0.2) is 18.3 Å². The Morgan fingerprint density at radius 2 is 2.22 bits per heavy atom. The zero-order valence-electron chi connectivity index (χ0n) is 10.4. The molecule has 1 N–H and O–H groups in total. The van der Waals surface area contributed by atoms with Gasteiger partial charge in [-0.05, 0) is 38.5 Å². The van der Waals surface area contributed by atoms with Gasteiger partial charge in [0.25, 0.3) is 0 Å². The molecular formula is C12H15ClN2O3. The van der Waals surface area contributed by atoms with E-state index in [1.807, 2.05) is 0 Å². The minimum absolute atomic E-state index is 0.255. The van der Waals surface area contributed by atoms with Gasteiger partial charge in [0, 0.05) is 6.20 Å². The first-order valence-corrected chi connectivity index (χ1v) is 5.76. The van der Waals surface area contributed by atoms with Gasteiger partial charge in [0.1, 0.15) is 23.1 Å². The van der Waals surface area contributed by atoms with Gasteiger partial charge in [-0.15, -0.1) is 0 Å². The second-order valence-electron chi connectivity index (χ2n) is 4.67. The fraction of sp³-hybridized carbons (Fsp3) is 0.417. The summed E-state index contributed by atoms with van der Waals surface area (Å²) in [4.78, 5) is 26.3. The number of ether oxygens (including phenoxy) is 1. The number of aromatic nitrogens is 1. The van der Waals surface area contributed by atoms with Crippen LogP contribution in [-0.4, -0.2) is 23.0 Å². The van der Waals surface area contributed by atoms with Crippen molar-refractivity contribution in [3.8, 4) is 0 Å². The third-order valence-electron chi connectivity index (χ3n) is 1.92. The lowest BCUT2D eigenvalue weighted by Gasteiger charge is -2.21. The van der Waals surface area contributed by atoms with Crippen molar-refractivity contribution in [1.29, 1.82) is 0 Å². The van der Waals surface area contributed by atoms with Crippen LogP contribution in [0.25, 0.3) is 0 Å². The number of hydrogen-bond acceptors (Lipinski definition) is 4. The second kappa shape index (κ2) is 5.82. The van der Waals surface area contributed by atoms with Crippen LogP contribution < -0.4 is 5.32 Å². The van der Waals surface area contributed by atoms with Crippen LogP contribution in [0, 0.1) is 0 Å². The Morgan fingerprint density at radius 3 is 2.72 bits per heavy atom. The van der Waals surface area contributed by atoms with Crippen LogP contribution in [0.3, 0.4) is 0 Å². The van der Waals surface area contributed by atoms with Crippen molar-refractivity contribution >= 4 is 24.0 Å². The lowest BCUT2D eigenvalue weighted by Crippen LogP contribution is -2.35. The lowest BCUT2D eigenvalue weighted by molar-refractivity contribution is -0.109. The number of rotatable bonds is 3. The summed E-state index contributed by atoms with van der Waals surface area (Å²) >= 11 is 5.72. The van der Waals surface area contributed by atoms with Crippen molar-refractivity contribution < 1.29 is 14.3 Å². The topological polar surface area (TPSA) is 68.3 Å². The van der Waals surface area contributed by atoms with Crippen LogP contribution in [0.2, 0.25) is 5.15 Å². The van der Waals surface area contributed by atoms with E-state index in [4.69, 9.17) is 16.3 Å². The molecule has 18 heavy (non-hydrogen) atoms. The molecule has 1 atom stereocenters. The van der Waals surface area contributed by atoms with E-state index < -0.39 is 17.7 Å². The molecular weight excluding hydrogens is 256 g/mol. The number of alkyl carbamates (subject to hydrolysis) is 1. The van der Waals surface area contributed by atoms with Gasteiger partial charge < -0.3 is 14.8 Å². The highest BCUT2D eigenvalue weighted by Gasteiger charge is 2.20. The fourth-order valence-corrected chi connectivity index (χ4v) is 1.42. The highest BCUT2D eigenvalue weighted by molar-refractivity contribution is 6.29. The van der Waals surface area contributed by atoms with Gasteiger partial charge in [-0.25, -0.2) is 9.78 Å². The minimum Gasteiger partial charge on any atom is -0.444 e. The minimum atomic E-state index is -0.805. The first-order chi connectivity index (χ1) is 8.31. The molecule has 0 aliphatic heterocycles. The normalized spacial score (nSPS) is 12.7. The number of nitrogens with one attached hydrogen (secondary N) is 1. The van der Waals surface area contributed by atoms with Gasteiger partial charge in [0.2, 0.25) is 0 Å². The van der Waals surface area contributed by atoms with E-state index in [9.17, 15) is 9.59 Å². The molecule has 1 aromatic heterocycles. The average Bonchev–Trinajstić information content (AvgIpc) is 2.23. The van der Waals surface area contributed by atoms with Crippen LogP contribution in [0.4, 0.5) is 4.79 Å². The quantitative estimate of drug-likeness (QED) is 0.677. The third kappa shape index (κ3) is 4.71. The summed E-state index contributed by atoms with van der Waals surface area (Å²) < 4.78 is 5.06. The van der Waals surface area contributed by atoms with Gasteiger partial charge in [0.05, 0.1) is 0 Å². The number of nitrogens with zero attached hydrogens (tertiary/aromatic N) is 1. The van der Waals surface area contributed by atoms with E-state index >= 15 is 0 Å². The highest BCUT2D eigenvalue weighted by Crippen LogP contribution is 2.15. The summed E-state index contributed by atoms with van der Waals surface area (Å²) in [7, 11) is 0. The molecule has 0 radical (unpaired) electrons. The Hall–Kier alpha value is -1.62. The summed E-state index contributed by atoms with van der Waals surface area (Å²) in [5.41, 5.74) is -0.0659. The summed E-state index contributed by atoms with van der Waals surface area (Å²) in [5, 5.41) is 2.71. The van der Waals surface area contributed by atoms with E-state index in [1.54, 1.807) is 26.8 Å². The van der Waals surface area contributed by atoms with Crippen LogP contribution in [0.1, 0.15) is 32.4 Å². The van der Waals surface area contributed by atoms with Crippen LogP contribution in [-0.2, 0) is 9.53 Å². The number of pyridine rings is 1.